The zero-order valence-corrected chi connectivity index (χ0v) is 14.3. The highest BCUT2D eigenvalue weighted by Crippen LogP contribution is 2.29. The maximum absolute atomic E-state index is 12.6. The van der Waals surface area contributed by atoms with Crippen molar-refractivity contribution in [2.45, 2.75) is 33.2 Å². The molecular weight excluding hydrogens is 322 g/mol. The zero-order chi connectivity index (χ0) is 18.1. The summed E-state index contributed by atoms with van der Waals surface area (Å²) < 4.78 is 11.1. The van der Waals surface area contributed by atoms with Crippen molar-refractivity contribution in [3.8, 4) is 0 Å². The van der Waals surface area contributed by atoms with E-state index in [4.69, 9.17) is 13.9 Å². The number of carboxylic acids is 1. The Labute approximate surface area is 144 Å². The van der Waals surface area contributed by atoms with E-state index < -0.39 is 5.97 Å². The Morgan fingerprint density at radius 1 is 1.24 bits per heavy atom. The summed E-state index contributed by atoms with van der Waals surface area (Å²) in [6.07, 6.45) is 1.05. The maximum Gasteiger partial charge on any atom is 0.311 e. The molecule has 6 heteroatoms. The number of carbonyl (C=O) groups excluding carboxylic acids is 1. The molecule has 0 aliphatic heterocycles. The first kappa shape index (κ1) is 16.8. The molecule has 3 aromatic rings. The number of furan rings is 2. The monoisotopic (exact) mass is 341 g/mol. The molecule has 1 amide bonds. The second kappa shape index (κ2) is 6.47. The number of aryl methyl sites for hydroxylation is 2. The lowest BCUT2D eigenvalue weighted by molar-refractivity contribution is -0.136. The van der Waals surface area contributed by atoms with Crippen LogP contribution in [0.4, 0.5) is 0 Å². The molecule has 2 heterocycles. The number of para-hydroxylation sites is 1. The predicted octanol–water partition coefficient (Wildman–Crippen LogP) is 3.76. The van der Waals surface area contributed by atoms with Gasteiger partial charge in [-0.3, -0.25) is 9.59 Å². The molecule has 0 radical (unpaired) electrons. The second-order valence-corrected chi connectivity index (χ2v) is 6.07. The Balaban J connectivity index is 1.86. The Kier molecular flexibility index (Phi) is 4.35. The number of hydrogen-bond acceptors (Lipinski definition) is 4. The summed E-state index contributed by atoms with van der Waals surface area (Å²) in [4.78, 5) is 23.6. The fourth-order valence-electron chi connectivity index (χ4n) is 3.01. The van der Waals surface area contributed by atoms with Gasteiger partial charge in [-0.05, 0) is 26.8 Å². The maximum atomic E-state index is 12.6. The molecule has 2 aromatic heterocycles. The van der Waals surface area contributed by atoms with Crippen LogP contribution in [-0.4, -0.2) is 17.0 Å². The highest BCUT2D eigenvalue weighted by Gasteiger charge is 2.24. The summed E-state index contributed by atoms with van der Waals surface area (Å²) in [6.45, 7) is 5.48. The number of rotatable bonds is 5. The van der Waals surface area contributed by atoms with E-state index in [2.05, 4.69) is 5.32 Å². The van der Waals surface area contributed by atoms with Gasteiger partial charge >= 0.3 is 5.97 Å². The Bertz CT molecular complexity index is 950. The standard InChI is InChI=1S/C19H19NO5/c1-10-9-24-15(8-16(21)22)17(10)19(23)20-12(3)18-11(2)13-6-4-5-7-14(13)25-18/h4-7,9,12H,8H2,1-3H3,(H,20,23)(H,21,22)/t12-/m0/s1. The van der Waals surface area contributed by atoms with Gasteiger partial charge in [-0.1, -0.05) is 18.2 Å². The first-order valence-electron chi connectivity index (χ1n) is 7.96. The number of benzene rings is 1. The topological polar surface area (TPSA) is 92.7 Å². The quantitative estimate of drug-likeness (QED) is 0.737. The molecule has 0 fully saturated rings. The number of fused-ring (bicyclic) bond motifs is 1. The molecule has 0 spiro atoms. The largest absolute Gasteiger partial charge is 0.481 e. The lowest BCUT2D eigenvalue weighted by Gasteiger charge is -2.13. The fraction of sp³-hybridized carbons (Fsp3) is 0.263. The molecule has 0 aliphatic rings. The smallest absolute Gasteiger partial charge is 0.311 e. The van der Waals surface area contributed by atoms with Crippen LogP contribution in [0, 0.1) is 13.8 Å². The third-order valence-corrected chi connectivity index (χ3v) is 4.21. The number of carbonyl (C=O) groups is 2. The Morgan fingerprint density at radius 3 is 2.64 bits per heavy atom. The third kappa shape index (κ3) is 3.15. The molecule has 0 aliphatic carbocycles. The summed E-state index contributed by atoms with van der Waals surface area (Å²) in [5, 5.41) is 12.8. The van der Waals surface area contributed by atoms with Crippen LogP contribution in [0.15, 0.2) is 39.4 Å². The van der Waals surface area contributed by atoms with Crippen LogP contribution < -0.4 is 5.32 Å². The van der Waals surface area contributed by atoms with Gasteiger partial charge in [0.1, 0.15) is 23.5 Å². The normalized spacial score (nSPS) is 12.3. The van der Waals surface area contributed by atoms with Crippen molar-refractivity contribution in [1.29, 1.82) is 0 Å². The van der Waals surface area contributed by atoms with E-state index in [1.54, 1.807) is 6.92 Å². The second-order valence-electron chi connectivity index (χ2n) is 6.07. The molecule has 0 unspecified atom stereocenters. The van der Waals surface area contributed by atoms with Gasteiger partial charge in [0.2, 0.25) is 0 Å². The highest BCUT2D eigenvalue weighted by molar-refractivity contribution is 5.97. The molecule has 25 heavy (non-hydrogen) atoms. The van der Waals surface area contributed by atoms with E-state index >= 15 is 0 Å². The number of nitrogens with one attached hydrogen (secondary N) is 1. The molecule has 130 valence electrons. The van der Waals surface area contributed by atoms with Gasteiger partial charge in [-0.2, -0.15) is 0 Å². The van der Waals surface area contributed by atoms with Crippen LogP contribution in [0.5, 0.6) is 0 Å². The zero-order valence-electron chi connectivity index (χ0n) is 14.3. The van der Waals surface area contributed by atoms with E-state index in [0.717, 1.165) is 16.5 Å². The summed E-state index contributed by atoms with van der Waals surface area (Å²) >= 11 is 0. The summed E-state index contributed by atoms with van der Waals surface area (Å²) in [5.74, 6) is -0.606. The van der Waals surface area contributed by atoms with Gasteiger partial charge in [0, 0.05) is 16.5 Å². The molecule has 3 rings (SSSR count). The molecule has 2 N–H and O–H groups in total. The van der Waals surface area contributed by atoms with Crippen LogP contribution in [0.3, 0.4) is 0 Å². The lowest BCUT2D eigenvalue weighted by Crippen LogP contribution is -2.28. The van der Waals surface area contributed by atoms with Crippen LogP contribution in [0.2, 0.25) is 0 Å². The van der Waals surface area contributed by atoms with Crippen molar-refractivity contribution in [3.05, 3.63) is 58.7 Å². The summed E-state index contributed by atoms with van der Waals surface area (Å²) in [6, 6.07) is 7.31. The Morgan fingerprint density at radius 2 is 1.96 bits per heavy atom. The van der Waals surface area contributed by atoms with E-state index in [1.807, 2.05) is 38.1 Å². The molecule has 0 saturated carbocycles. The van der Waals surface area contributed by atoms with Crippen molar-refractivity contribution >= 4 is 22.8 Å². The van der Waals surface area contributed by atoms with Gasteiger partial charge < -0.3 is 19.3 Å². The molecule has 1 aromatic carbocycles. The van der Waals surface area contributed by atoms with E-state index in [-0.39, 0.29) is 29.7 Å². The average molecular weight is 341 g/mol. The minimum Gasteiger partial charge on any atom is -0.481 e. The van der Waals surface area contributed by atoms with Gasteiger partial charge in [0.25, 0.3) is 5.91 Å². The minimum absolute atomic E-state index is 0.149. The molecule has 1 atom stereocenters. The van der Waals surface area contributed by atoms with Gasteiger partial charge in [-0.25, -0.2) is 0 Å². The molecule has 0 saturated heterocycles. The minimum atomic E-state index is -1.05. The fourth-order valence-corrected chi connectivity index (χ4v) is 3.01. The number of amides is 1. The van der Waals surface area contributed by atoms with Crippen LogP contribution >= 0.6 is 0 Å². The molecular formula is C19H19NO5. The average Bonchev–Trinajstić information content (AvgIpc) is 3.08. The number of hydrogen-bond donors (Lipinski definition) is 2. The van der Waals surface area contributed by atoms with Crippen molar-refractivity contribution in [1.82, 2.24) is 5.32 Å². The van der Waals surface area contributed by atoms with Gasteiger partial charge in [0.05, 0.1) is 17.9 Å². The number of aliphatic carboxylic acids is 1. The molecule has 6 nitrogen and oxygen atoms in total. The third-order valence-electron chi connectivity index (χ3n) is 4.21. The SMILES string of the molecule is Cc1coc(CC(=O)O)c1C(=O)N[C@@H](C)c1oc2ccccc2c1C. The van der Waals surface area contributed by atoms with Gasteiger partial charge in [-0.15, -0.1) is 0 Å². The lowest BCUT2D eigenvalue weighted by atomic mass is 10.1. The van der Waals surface area contributed by atoms with Crippen molar-refractivity contribution in [2.75, 3.05) is 0 Å². The van der Waals surface area contributed by atoms with E-state index in [9.17, 15) is 9.59 Å². The van der Waals surface area contributed by atoms with E-state index in [0.29, 0.717) is 11.3 Å². The Hall–Kier alpha value is -3.02. The van der Waals surface area contributed by atoms with Crippen molar-refractivity contribution in [2.24, 2.45) is 0 Å². The first-order valence-corrected chi connectivity index (χ1v) is 7.96. The summed E-state index contributed by atoms with van der Waals surface area (Å²) in [5.41, 5.74) is 2.60. The molecule has 0 bridgehead atoms. The number of carboxylic acid groups (broad SMARTS) is 1. The van der Waals surface area contributed by atoms with Crippen molar-refractivity contribution in [3.63, 3.8) is 0 Å². The van der Waals surface area contributed by atoms with Gasteiger partial charge in [0.15, 0.2) is 0 Å². The summed E-state index contributed by atoms with van der Waals surface area (Å²) in [7, 11) is 0. The highest BCUT2D eigenvalue weighted by atomic mass is 16.4. The van der Waals surface area contributed by atoms with Crippen LogP contribution in [0.1, 0.15) is 46.0 Å². The van der Waals surface area contributed by atoms with Crippen LogP contribution in [0.25, 0.3) is 11.0 Å². The predicted molar refractivity (Wildman–Crippen MR) is 91.6 cm³/mol. The van der Waals surface area contributed by atoms with Crippen molar-refractivity contribution < 1.29 is 23.5 Å². The first-order chi connectivity index (χ1) is 11.9. The van der Waals surface area contributed by atoms with Crippen LogP contribution in [-0.2, 0) is 11.2 Å². The van der Waals surface area contributed by atoms with E-state index in [1.165, 1.54) is 6.26 Å².